The first-order valence-corrected chi connectivity index (χ1v) is 8.82. The van der Waals surface area contributed by atoms with E-state index in [0.29, 0.717) is 12.8 Å². The van der Waals surface area contributed by atoms with Crippen molar-refractivity contribution in [1.82, 2.24) is 4.72 Å². The van der Waals surface area contributed by atoms with Crippen molar-refractivity contribution in [3.63, 3.8) is 0 Å². The molecule has 0 radical (unpaired) electrons. The van der Waals surface area contributed by atoms with Crippen LogP contribution in [0.5, 0.6) is 0 Å². The second kappa shape index (κ2) is 7.81. The van der Waals surface area contributed by atoms with Crippen molar-refractivity contribution in [3.8, 4) is 0 Å². The quantitative estimate of drug-likeness (QED) is 0.759. The van der Waals surface area contributed by atoms with Crippen molar-refractivity contribution in [2.45, 2.75) is 36.1 Å². The molecule has 0 aliphatic heterocycles. The summed E-state index contributed by atoms with van der Waals surface area (Å²) < 4.78 is 32.7. The molecular weight excluding hydrogens is 363 g/mol. The maximum atomic E-state index is 12.7. The average Bonchev–Trinajstić information content (AvgIpc) is 2.94. The second-order valence-corrected chi connectivity index (χ2v) is 7.52. The number of sulfonamides is 1. The molecule has 1 aromatic rings. The SMILES string of the molecule is COC(=O)c1ccc(Cl)cc1S(=O)(=O)NC1(CN)CCCC1.Cl. The minimum atomic E-state index is -3.94. The van der Waals surface area contributed by atoms with Gasteiger partial charge in [-0.05, 0) is 31.0 Å². The van der Waals surface area contributed by atoms with Crippen LogP contribution in [0.25, 0.3) is 0 Å². The number of hydrogen-bond acceptors (Lipinski definition) is 5. The van der Waals surface area contributed by atoms with Crippen LogP contribution < -0.4 is 10.5 Å². The molecule has 0 atom stereocenters. The van der Waals surface area contributed by atoms with Crippen molar-refractivity contribution >= 4 is 40.0 Å². The van der Waals surface area contributed by atoms with E-state index in [-0.39, 0.29) is 34.4 Å². The van der Waals surface area contributed by atoms with Crippen LogP contribution in [0.2, 0.25) is 5.02 Å². The van der Waals surface area contributed by atoms with E-state index in [0.717, 1.165) is 12.8 Å². The molecule has 23 heavy (non-hydrogen) atoms. The molecule has 0 amide bonds. The van der Waals surface area contributed by atoms with Crippen LogP contribution in [0, 0.1) is 0 Å². The third-order valence-electron chi connectivity index (χ3n) is 3.94. The first-order valence-electron chi connectivity index (χ1n) is 6.95. The Morgan fingerprint density at radius 2 is 2.00 bits per heavy atom. The van der Waals surface area contributed by atoms with Crippen LogP contribution in [0.15, 0.2) is 23.1 Å². The van der Waals surface area contributed by atoms with Gasteiger partial charge in [0.1, 0.15) is 0 Å². The topological polar surface area (TPSA) is 98.5 Å². The van der Waals surface area contributed by atoms with Gasteiger partial charge in [-0.1, -0.05) is 24.4 Å². The summed E-state index contributed by atoms with van der Waals surface area (Å²) in [4.78, 5) is 11.6. The lowest BCUT2D eigenvalue weighted by atomic mass is 10.0. The van der Waals surface area contributed by atoms with Crippen molar-refractivity contribution < 1.29 is 17.9 Å². The summed E-state index contributed by atoms with van der Waals surface area (Å²) in [6, 6.07) is 4.03. The number of hydrogen-bond donors (Lipinski definition) is 2. The van der Waals surface area contributed by atoms with Crippen LogP contribution in [0.4, 0.5) is 0 Å². The molecule has 0 spiro atoms. The van der Waals surface area contributed by atoms with Crippen molar-refractivity contribution in [2.24, 2.45) is 5.73 Å². The lowest BCUT2D eigenvalue weighted by molar-refractivity contribution is 0.0596. The van der Waals surface area contributed by atoms with E-state index < -0.39 is 21.5 Å². The third-order valence-corrected chi connectivity index (χ3v) is 5.79. The van der Waals surface area contributed by atoms with Gasteiger partial charge in [-0.15, -0.1) is 12.4 Å². The zero-order valence-electron chi connectivity index (χ0n) is 12.7. The lowest BCUT2D eigenvalue weighted by Crippen LogP contribution is -2.51. The molecule has 130 valence electrons. The summed E-state index contributed by atoms with van der Waals surface area (Å²) in [5, 5.41) is 0.223. The van der Waals surface area contributed by atoms with Gasteiger partial charge in [-0.3, -0.25) is 0 Å². The molecule has 1 aliphatic rings. The van der Waals surface area contributed by atoms with Crippen LogP contribution in [0.3, 0.4) is 0 Å². The zero-order valence-corrected chi connectivity index (χ0v) is 15.1. The number of carbonyl (C=O) groups is 1. The molecular formula is C14H20Cl2N2O4S. The summed E-state index contributed by atoms with van der Waals surface area (Å²) in [6.07, 6.45) is 3.19. The highest BCUT2D eigenvalue weighted by atomic mass is 35.5. The largest absolute Gasteiger partial charge is 0.465 e. The van der Waals surface area contributed by atoms with Gasteiger partial charge in [0.05, 0.1) is 17.6 Å². The zero-order chi connectivity index (χ0) is 16.4. The summed E-state index contributed by atoms with van der Waals surface area (Å²) in [6.45, 7) is 0.209. The number of halogens is 2. The van der Waals surface area contributed by atoms with Crippen molar-refractivity contribution in [3.05, 3.63) is 28.8 Å². The van der Waals surface area contributed by atoms with E-state index in [2.05, 4.69) is 9.46 Å². The highest BCUT2D eigenvalue weighted by Gasteiger charge is 2.38. The number of ether oxygens (including phenoxy) is 1. The maximum Gasteiger partial charge on any atom is 0.339 e. The van der Waals surface area contributed by atoms with E-state index in [1.165, 1.54) is 25.3 Å². The molecule has 0 heterocycles. The van der Waals surface area contributed by atoms with Gasteiger partial charge in [-0.2, -0.15) is 0 Å². The van der Waals surface area contributed by atoms with Crippen molar-refractivity contribution in [2.75, 3.05) is 13.7 Å². The van der Waals surface area contributed by atoms with Crippen LogP contribution in [-0.4, -0.2) is 33.6 Å². The predicted octanol–water partition coefficient (Wildman–Crippen LogP) is 2.10. The van der Waals surface area contributed by atoms with E-state index in [1.807, 2.05) is 0 Å². The molecule has 1 saturated carbocycles. The Labute approximate surface area is 147 Å². The third kappa shape index (κ3) is 4.36. The van der Waals surface area contributed by atoms with Gasteiger partial charge in [0.2, 0.25) is 10.0 Å². The number of methoxy groups -OCH3 is 1. The molecule has 9 heteroatoms. The average molecular weight is 383 g/mol. The predicted molar refractivity (Wildman–Crippen MR) is 90.6 cm³/mol. The molecule has 3 N–H and O–H groups in total. The molecule has 1 aromatic carbocycles. The summed E-state index contributed by atoms with van der Waals surface area (Å²) in [7, 11) is -2.74. The standard InChI is InChI=1S/C14H19ClN2O4S.ClH/c1-21-13(18)11-5-4-10(15)8-12(11)22(19,20)17-14(9-16)6-2-3-7-14;/h4-5,8,17H,2-3,6-7,9,16H2,1H3;1H. The lowest BCUT2D eigenvalue weighted by Gasteiger charge is -2.28. The monoisotopic (exact) mass is 382 g/mol. The van der Waals surface area contributed by atoms with Gasteiger partial charge >= 0.3 is 5.97 Å². The van der Waals surface area contributed by atoms with Gasteiger partial charge in [-0.25, -0.2) is 17.9 Å². The number of esters is 1. The molecule has 0 bridgehead atoms. The second-order valence-electron chi connectivity index (χ2n) is 5.43. The smallest absolute Gasteiger partial charge is 0.339 e. The Hall–Kier alpha value is -0.860. The van der Waals surface area contributed by atoms with Gasteiger partial charge in [0.25, 0.3) is 0 Å². The summed E-state index contributed by atoms with van der Waals surface area (Å²) >= 11 is 5.89. The Morgan fingerprint density at radius 3 is 2.52 bits per heavy atom. The number of carbonyl (C=O) groups excluding carboxylic acids is 1. The Morgan fingerprint density at radius 1 is 1.39 bits per heavy atom. The Bertz CT molecular complexity index is 673. The number of nitrogens with one attached hydrogen (secondary N) is 1. The van der Waals surface area contributed by atoms with E-state index >= 15 is 0 Å². The Kier molecular flexibility index (Phi) is 6.85. The summed E-state index contributed by atoms with van der Waals surface area (Å²) in [5.41, 5.74) is 5.05. The molecule has 0 saturated heterocycles. The minimum absolute atomic E-state index is 0. The normalized spacial score (nSPS) is 16.7. The van der Waals surface area contributed by atoms with E-state index in [4.69, 9.17) is 17.3 Å². The molecule has 1 fully saturated rings. The molecule has 2 rings (SSSR count). The van der Waals surface area contributed by atoms with Gasteiger partial charge < -0.3 is 10.5 Å². The Balaban J connectivity index is 0.00000264. The number of rotatable bonds is 5. The highest BCUT2D eigenvalue weighted by molar-refractivity contribution is 7.89. The summed E-state index contributed by atoms with van der Waals surface area (Å²) in [5.74, 6) is -0.731. The maximum absolute atomic E-state index is 12.7. The fraction of sp³-hybridized carbons (Fsp3) is 0.500. The molecule has 6 nitrogen and oxygen atoms in total. The molecule has 0 unspecified atom stereocenters. The first-order chi connectivity index (χ1) is 10.3. The van der Waals surface area contributed by atoms with Crippen LogP contribution in [-0.2, 0) is 14.8 Å². The molecule has 1 aliphatic carbocycles. The van der Waals surface area contributed by atoms with Crippen LogP contribution >= 0.6 is 24.0 Å². The van der Waals surface area contributed by atoms with E-state index in [1.54, 1.807) is 0 Å². The van der Waals surface area contributed by atoms with Crippen LogP contribution in [0.1, 0.15) is 36.0 Å². The van der Waals surface area contributed by atoms with Gasteiger partial charge in [0, 0.05) is 17.1 Å². The molecule has 0 aromatic heterocycles. The fourth-order valence-corrected chi connectivity index (χ4v) is 4.66. The van der Waals surface area contributed by atoms with E-state index in [9.17, 15) is 13.2 Å². The van der Waals surface area contributed by atoms with Crippen molar-refractivity contribution in [1.29, 1.82) is 0 Å². The minimum Gasteiger partial charge on any atom is -0.465 e. The van der Waals surface area contributed by atoms with Gasteiger partial charge in [0.15, 0.2) is 0 Å². The number of nitrogens with two attached hydrogens (primary N) is 1. The fourth-order valence-electron chi connectivity index (χ4n) is 2.74. The first kappa shape index (κ1) is 20.2. The highest BCUT2D eigenvalue weighted by Crippen LogP contribution is 2.31. The number of benzene rings is 1.